The molecule has 4 heteroatoms. The van der Waals surface area contributed by atoms with Gasteiger partial charge in [0.2, 0.25) is 0 Å². The van der Waals surface area contributed by atoms with Crippen LogP contribution in [-0.2, 0) is 19.9 Å². The van der Waals surface area contributed by atoms with E-state index in [9.17, 15) is 5.11 Å². The Kier molecular flexibility index (Phi) is 4.11. The van der Waals surface area contributed by atoms with E-state index in [-0.39, 0.29) is 0 Å². The normalized spacial score (nSPS) is 14.4. The summed E-state index contributed by atoms with van der Waals surface area (Å²) in [7, 11) is 1.91. The molecule has 1 heterocycles. The van der Waals surface area contributed by atoms with Crippen molar-refractivity contribution in [1.82, 2.24) is 9.78 Å². The molecule has 0 fully saturated rings. The van der Waals surface area contributed by atoms with Crippen LogP contribution in [0.5, 0.6) is 0 Å². The smallest absolute Gasteiger partial charge is 0.0738 e. The zero-order valence-electron chi connectivity index (χ0n) is 11.5. The molecule has 1 unspecified atom stereocenters. The molecule has 0 aliphatic heterocycles. The van der Waals surface area contributed by atoms with Crippen molar-refractivity contribution in [2.75, 3.05) is 0 Å². The fraction of sp³-hybridized carbons (Fsp3) is 0.400. The van der Waals surface area contributed by atoms with Crippen LogP contribution in [0.4, 0.5) is 0 Å². The van der Waals surface area contributed by atoms with E-state index in [1.807, 2.05) is 55.9 Å². The molecule has 1 N–H and O–H groups in total. The van der Waals surface area contributed by atoms with Gasteiger partial charge in [-0.2, -0.15) is 5.10 Å². The highest BCUT2D eigenvalue weighted by atomic mass is 79.9. The van der Waals surface area contributed by atoms with Crippen LogP contribution < -0.4 is 0 Å². The second-order valence-electron chi connectivity index (χ2n) is 5.31. The molecular formula is C15H19BrN2O. The number of aromatic nitrogens is 2. The molecule has 102 valence electrons. The minimum Gasteiger partial charge on any atom is -0.389 e. The van der Waals surface area contributed by atoms with E-state index in [1.54, 1.807) is 0 Å². The lowest BCUT2D eigenvalue weighted by molar-refractivity contribution is 0.0587. The van der Waals surface area contributed by atoms with E-state index in [0.717, 1.165) is 21.4 Å². The Morgan fingerprint density at radius 1 is 1.26 bits per heavy atom. The van der Waals surface area contributed by atoms with Crippen LogP contribution in [0.25, 0.3) is 0 Å². The third kappa shape index (κ3) is 3.45. The molecule has 0 saturated carbocycles. The fourth-order valence-corrected chi connectivity index (χ4v) is 2.81. The molecule has 19 heavy (non-hydrogen) atoms. The zero-order chi connectivity index (χ0) is 14.0. The molecule has 0 bridgehead atoms. The predicted octanol–water partition coefficient (Wildman–Crippen LogP) is 3.03. The van der Waals surface area contributed by atoms with E-state index in [1.165, 1.54) is 0 Å². The minimum atomic E-state index is -0.788. The van der Waals surface area contributed by atoms with Crippen LogP contribution in [0, 0.1) is 6.92 Å². The van der Waals surface area contributed by atoms with Crippen molar-refractivity contribution in [2.45, 2.75) is 32.3 Å². The zero-order valence-corrected chi connectivity index (χ0v) is 13.1. The lowest BCUT2D eigenvalue weighted by Gasteiger charge is -2.23. The largest absolute Gasteiger partial charge is 0.389 e. The number of halogens is 1. The van der Waals surface area contributed by atoms with Crippen LogP contribution >= 0.6 is 15.9 Å². The summed E-state index contributed by atoms with van der Waals surface area (Å²) in [4.78, 5) is 0. The SMILES string of the molecule is Cc1nn(C)c(CC(C)(O)Cc2ccccc2)c1Br. The van der Waals surface area contributed by atoms with Crippen molar-refractivity contribution in [3.05, 3.63) is 51.8 Å². The maximum Gasteiger partial charge on any atom is 0.0738 e. The van der Waals surface area contributed by atoms with Gasteiger partial charge in [-0.1, -0.05) is 30.3 Å². The van der Waals surface area contributed by atoms with Gasteiger partial charge >= 0.3 is 0 Å². The van der Waals surface area contributed by atoms with Crippen molar-refractivity contribution in [2.24, 2.45) is 7.05 Å². The van der Waals surface area contributed by atoms with Gasteiger partial charge in [-0.15, -0.1) is 0 Å². The predicted molar refractivity (Wildman–Crippen MR) is 80.1 cm³/mol. The number of benzene rings is 1. The van der Waals surface area contributed by atoms with Crippen molar-refractivity contribution in [3.63, 3.8) is 0 Å². The summed E-state index contributed by atoms with van der Waals surface area (Å²) in [6.07, 6.45) is 1.20. The van der Waals surface area contributed by atoms with E-state index in [4.69, 9.17) is 0 Å². The summed E-state index contributed by atoms with van der Waals surface area (Å²) in [6.45, 7) is 3.83. The molecule has 1 aromatic carbocycles. The van der Waals surface area contributed by atoms with Gasteiger partial charge in [0.05, 0.1) is 21.5 Å². The third-order valence-electron chi connectivity index (χ3n) is 3.24. The van der Waals surface area contributed by atoms with Crippen LogP contribution in [-0.4, -0.2) is 20.5 Å². The number of hydrogen-bond acceptors (Lipinski definition) is 2. The number of hydrogen-bond donors (Lipinski definition) is 1. The summed E-state index contributed by atoms with van der Waals surface area (Å²) < 4.78 is 2.82. The Bertz CT molecular complexity index is 561. The third-order valence-corrected chi connectivity index (χ3v) is 4.27. The van der Waals surface area contributed by atoms with Gasteiger partial charge in [-0.25, -0.2) is 0 Å². The lowest BCUT2D eigenvalue weighted by Crippen LogP contribution is -2.31. The maximum atomic E-state index is 10.6. The molecule has 0 aliphatic carbocycles. The molecule has 2 rings (SSSR count). The standard InChI is InChI=1S/C15H19BrN2O/c1-11-14(16)13(18(3)17-11)10-15(2,19)9-12-7-5-4-6-8-12/h4-8,19H,9-10H2,1-3H3. The van der Waals surface area contributed by atoms with E-state index < -0.39 is 5.60 Å². The molecule has 1 atom stereocenters. The summed E-state index contributed by atoms with van der Waals surface area (Å²) in [6, 6.07) is 10.1. The van der Waals surface area contributed by atoms with E-state index in [2.05, 4.69) is 21.0 Å². The van der Waals surface area contributed by atoms with Crippen molar-refractivity contribution >= 4 is 15.9 Å². The number of nitrogens with zero attached hydrogens (tertiary/aromatic N) is 2. The monoisotopic (exact) mass is 322 g/mol. The number of rotatable bonds is 4. The Hall–Kier alpha value is -1.13. The molecule has 3 nitrogen and oxygen atoms in total. The van der Waals surface area contributed by atoms with Crippen LogP contribution in [0.1, 0.15) is 23.9 Å². The second kappa shape index (κ2) is 5.47. The van der Waals surface area contributed by atoms with Gasteiger partial charge in [0, 0.05) is 19.9 Å². The van der Waals surface area contributed by atoms with Gasteiger partial charge in [-0.3, -0.25) is 4.68 Å². The topological polar surface area (TPSA) is 38.0 Å². The van der Waals surface area contributed by atoms with Gasteiger partial charge in [0.1, 0.15) is 0 Å². The molecule has 0 radical (unpaired) electrons. The Morgan fingerprint density at radius 2 is 1.89 bits per heavy atom. The Morgan fingerprint density at radius 3 is 2.42 bits per heavy atom. The van der Waals surface area contributed by atoms with Crippen LogP contribution in [0.2, 0.25) is 0 Å². The Balaban J connectivity index is 2.17. The molecule has 0 saturated heterocycles. The average Bonchev–Trinajstić information content (AvgIpc) is 2.56. The van der Waals surface area contributed by atoms with Crippen LogP contribution in [0.15, 0.2) is 34.8 Å². The first kappa shape index (κ1) is 14.3. The number of aryl methyl sites for hydroxylation is 2. The molecule has 0 amide bonds. The fourth-order valence-electron chi connectivity index (χ4n) is 2.33. The van der Waals surface area contributed by atoms with Gasteiger partial charge in [0.25, 0.3) is 0 Å². The maximum absolute atomic E-state index is 10.6. The van der Waals surface area contributed by atoms with Gasteiger partial charge in [-0.05, 0) is 35.3 Å². The second-order valence-corrected chi connectivity index (χ2v) is 6.10. The van der Waals surface area contributed by atoms with Gasteiger partial charge in [0.15, 0.2) is 0 Å². The summed E-state index contributed by atoms with van der Waals surface area (Å²) in [5.74, 6) is 0. The first-order chi connectivity index (χ1) is 8.89. The summed E-state index contributed by atoms with van der Waals surface area (Å²) in [5, 5.41) is 15.0. The Labute approximate surface area is 122 Å². The molecule has 0 aliphatic rings. The molecule has 1 aromatic heterocycles. The quantitative estimate of drug-likeness (QED) is 0.939. The summed E-state index contributed by atoms with van der Waals surface area (Å²) in [5.41, 5.74) is 2.33. The van der Waals surface area contributed by atoms with E-state index >= 15 is 0 Å². The first-order valence-corrected chi connectivity index (χ1v) is 7.12. The highest BCUT2D eigenvalue weighted by Gasteiger charge is 2.25. The molecular weight excluding hydrogens is 304 g/mol. The highest BCUT2D eigenvalue weighted by molar-refractivity contribution is 9.10. The highest BCUT2D eigenvalue weighted by Crippen LogP contribution is 2.26. The van der Waals surface area contributed by atoms with Crippen molar-refractivity contribution in [1.29, 1.82) is 0 Å². The molecule has 2 aromatic rings. The first-order valence-electron chi connectivity index (χ1n) is 6.33. The van der Waals surface area contributed by atoms with Crippen molar-refractivity contribution in [3.8, 4) is 0 Å². The average molecular weight is 323 g/mol. The lowest BCUT2D eigenvalue weighted by atomic mass is 9.92. The summed E-state index contributed by atoms with van der Waals surface area (Å²) >= 11 is 3.54. The van der Waals surface area contributed by atoms with E-state index in [0.29, 0.717) is 12.8 Å². The number of aliphatic hydroxyl groups is 1. The molecule has 0 spiro atoms. The van der Waals surface area contributed by atoms with Gasteiger partial charge < -0.3 is 5.11 Å². The van der Waals surface area contributed by atoms with Crippen molar-refractivity contribution < 1.29 is 5.11 Å². The van der Waals surface area contributed by atoms with Crippen LogP contribution in [0.3, 0.4) is 0 Å². The minimum absolute atomic E-state index is 0.569.